The summed E-state index contributed by atoms with van der Waals surface area (Å²) in [5, 5.41) is 3.02. The monoisotopic (exact) mass is 623 g/mol. The third-order valence-corrected chi connectivity index (χ3v) is 12.7. The standard InChI is InChI=1S/C30H45N3O7S2/c1-6-12-20(32-33-31)17-21-15-16-25(38-21)23(7-2)28-19(4)30(41-22-13-10-9-11-14-22)27(42(35,36)40-28)18-26(39-30)24(8-3)29(34)37-5/h9-11,13-14,19-21,23-28H,6-8,12,15-18H2,1-5H3/t19-,20+,21-,23+,24+,25+,26+,27-,28+,30+/m0/s1. The summed E-state index contributed by atoms with van der Waals surface area (Å²) >= 11 is 1.42. The summed E-state index contributed by atoms with van der Waals surface area (Å²) < 4.78 is 52.4. The zero-order valence-corrected chi connectivity index (χ0v) is 26.9. The lowest BCUT2D eigenvalue weighted by Gasteiger charge is -2.48. The fraction of sp³-hybridized carbons (Fsp3) is 0.767. The maximum absolute atomic E-state index is 14.0. The number of thioether (sulfide) groups is 1. The van der Waals surface area contributed by atoms with Gasteiger partial charge in [-0.25, -0.2) is 0 Å². The Balaban J connectivity index is 1.65. The van der Waals surface area contributed by atoms with Gasteiger partial charge in [0.15, 0.2) is 0 Å². The smallest absolute Gasteiger partial charge is 0.311 e. The Morgan fingerprint density at radius 3 is 2.55 bits per heavy atom. The molecule has 10 atom stereocenters. The van der Waals surface area contributed by atoms with Crippen LogP contribution < -0.4 is 0 Å². The van der Waals surface area contributed by atoms with E-state index in [-0.39, 0.29) is 36.5 Å². The van der Waals surface area contributed by atoms with Crippen LogP contribution in [0.5, 0.6) is 0 Å². The molecule has 3 fully saturated rings. The molecule has 4 rings (SSSR count). The molecule has 10 nitrogen and oxygen atoms in total. The first kappa shape index (κ1) is 33.1. The van der Waals surface area contributed by atoms with E-state index in [4.69, 9.17) is 23.9 Å². The second kappa shape index (κ2) is 14.3. The number of methoxy groups -OCH3 is 1. The number of azide groups is 1. The van der Waals surface area contributed by atoms with Crippen LogP contribution in [0.25, 0.3) is 10.4 Å². The zero-order chi connectivity index (χ0) is 30.5. The normalized spacial score (nSPS) is 34.1. The molecule has 3 aliphatic heterocycles. The second-order valence-electron chi connectivity index (χ2n) is 11.7. The lowest BCUT2D eigenvalue weighted by atomic mass is 9.81. The summed E-state index contributed by atoms with van der Waals surface area (Å²) in [6, 6.07) is 9.54. The summed E-state index contributed by atoms with van der Waals surface area (Å²) in [4.78, 5) is 15.4. The fourth-order valence-electron chi connectivity index (χ4n) is 7.13. The maximum Gasteiger partial charge on any atom is 0.311 e. The molecule has 0 aromatic heterocycles. The minimum Gasteiger partial charge on any atom is -0.469 e. The Bertz CT molecular complexity index is 1210. The van der Waals surface area contributed by atoms with Gasteiger partial charge in [0.1, 0.15) is 10.2 Å². The average Bonchev–Trinajstić information content (AvgIpc) is 3.59. The minimum atomic E-state index is -4.07. The van der Waals surface area contributed by atoms with Crippen LogP contribution in [0.1, 0.15) is 79.1 Å². The molecule has 3 saturated heterocycles. The number of hydrogen-bond acceptors (Lipinski definition) is 9. The van der Waals surface area contributed by atoms with Crippen LogP contribution in [-0.4, -0.2) is 62.1 Å². The van der Waals surface area contributed by atoms with Gasteiger partial charge in [0.05, 0.1) is 37.4 Å². The molecule has 0 saturated carbocycles. The van der Waals surface area contributed by atoms with E-state index in [1.54, 1.807) is 0 Å². The number of esters is 1. The van der Waals surface area contributed by atoms with E-state index in [0.29, 0.717) is 19.3 Å². The van der Waals surface area contributed by atoms with Gasteiger partial charge in [-0.05, 0) is 62.6 Å². The van der Waals surface area contributed by atoms with E-state index in [1.165, 1.54) is 18.9 Å². The number of hydrogen-bond donors (Lipinski definition) is 0. The minimum absolute atomic E-state index is 0.0560. The van der Waals surface area contributed by atoms with Crippen molar-refractivity contribution in [3.05, 3.63) is 40.8 Å². The first-order valence-corrected chi connectivity index (χ1v) is 17.5. The molecule has 234 valence electrons. The van der Waals surface area contributed by atoms with Crippen molar-refractivity contribution < 1.29 is 31.6 Å². The quantitative estimate of drug-likeness (QED) is 0.0784. The zero-order valence-electron chi connectivity index (χ0n) is 25.3. The van der Waals surface area contributed by atoms with Gasteiger partial charge >= 0.3 is 5.97 Å². The summed E-state index contributed by atoms with van der Waals surface area (Å²) in [7, 11) is -2.72. The SMILES string of the molecule is CCC[C@H](C[C@@H]1CC[C@H]([C@@H](CC)[C@@H]2OS(=O)(=O)[C@H]3C[C@H]([C@@H](CC)C(=O)OC)O[C@@]3(Sc3ccccc3)[C@H]2C)O1)N=[N+]=[N-]. The Hall–Kier alpha value is -1.82. The van der Waals surface area contributed by atoms with Crippen molar-refractivity contribution in [2.45, 2.75) is 125 Å². The molecule has 0 unspecified atom stereocenters. The van der Waals surface area contributed by atoms with E-state index >= 15 is 0 Å². The molecule has 3 heterocycles. The van der Waals surface area contributed by atoms with E-state index in [2.05, 4.69) is 16.9 Å². The number of nitrogens with zero attached hydrogens (tertiary/aromatic N) is 3. The predicted octanol–water partition coefficient (Wildman–Crippen LogP) is 6.64. The van der Waals surface area contributed by atoms with Gasteiger partial charge < -0.3 is 14.2 Å². The third kappa shape index (κ3) is 6.79. The highest BCUT2D eigenvalue weighted by atomic mass is 32.2. The Kier molecular flexibility index (Phi) is 11.3. The highest BCUT2D eigenvalue weighted by Crippen LogP contribution is 2.58. The van der Waals surface area contributed by atoms with Crippen molar-refractivity contribution in [2.75, 3.05) is 7.11 Å². The van der Waals surface area contributed by atoms with Crippen molar-refractivity contribution in [1.29, 1.82) is 0 Å². The van der Waals surface area contributed by atoms with Crippen LogP contribution in [0.4, 0.5) is 0 Å². The van der Waals surface area contributed by atoms with Gasteiger partial charge in [-0.2, -0.15) is 8.42 Å². The van der Waals surface area contributed by atoms with E-state index in [1.807, 2.05) is 51.1 Å². The average molecular weight is 624 g/mol. The number of carbonyl (C=O) groups is 1. The maximum atomic E-state index is 14.0. The Morgan fingerprint density at radius 2 is 1.93 bits per heavy atom. The number of benzene rings is 1. The summed E-state index contributed by atoms with van der Waals surface area (Å²) in [5.41, 5.74) is 8.99. The van der Waals surface area contributed by atoms with Crippen LogP contribution >= 0.6 is 11.8 Å². The molecule has 0 amide bonds. The van der Waals surface area contributed by atoms with Crippen molar-refractivity contribution >= 4 is 27.8 Å². The van der Waals surface area contributed by atoms with Gasteiger partial charge in [0.2, 0.25) is 0 Å². The highest BCUT2D eigenvalue weighted by molar-refractivity contribution is 8.01. The molecule has 0 aliphatic carbocycles. The van der Waals surface area contributed by atoms with Crippen LogP contribution in [0, 0.1) is 17.8 Å². The molecule has 0 radical (unpaired) electrons. The number of fused-ring (bicyclic) bond motifs is 1. The van der Waals surface area contributed by atoms with Crippen LogP contribution in [0.3, 0.4) is 0 Å². The first-order chi connectivity index (χ1) is 20.1. The second-order valence-corrected chi connectivity index (χ2v) is 14.8. The van der Waals surface area contributed by atoms with Crippen LogP contribution in [-0.2, 0) is 33.3 Å². The van der Waals surface area contributed by atoms with Crippen molar-refractivity contribution in [1.82, 2.24) is 0 Å². The van der Waals surface area contributed by atoms with Gasteiger partial charge in [0.25, 0.3) is 10.1 Å². The lowest BCUT2D eigenvalue weighted by Crippen LogP contribution is -2.59. The summed E-state index contributed by atoms with van der Waals surface area (Å²) in [6.07, 6.45) is 3.72. The van der Waals surface area contributed by atoms with E-state index < -0.39 is 44.4 Å². The Labute approximate surface area is 254 Å². The third-order valence-electron chi connectivity index (χ3n) is 9.25. The van der Waals surface area contributed by atoms with Gasteiger partial charge in [0, 0.05) is 27.7 Å². The predicted molar refractivity (Wildman–Crippen MR) is 161 cm³/mol. The molecular weight excluding hydrogens is 578 g/mol. The van der Waals surface area contributed by atoms with E-state index in [9.17, 15) is 13.2 Å². The first-order valence-electron chi connectivity index (χ1n) is 15.2. The molecule has 1 aromatic rings. The Morgan fingerprint density at radius 1 is 1.19 bits per heavy atom. The summed E-state index contributed by atoms with van der Waals surface area (Å²) in [5.74, 6) is -1.51. The molecule has 0 bridgehead atoms. The van der Waals surface area contributed by atoms with Gasteiger partial charge in [-0.15, -0.1) is 0 Å². The molecular formula is C30H45N3O7S2. The molecule has 3 aliphatic rings. The molecule has 12 heteroatoms. The van der Waals surface area contributed by atoms with Crippen LogP contribution in [0.2, 0.25) is 0 Å². The number of ether oxygens (including phenoxy) is 3. The van der Waals surface area contributed by atoms with Crippen molar-refractivity contribution in [3.63, 3.8) is 0 Å². The molecule has 0 N–H and O–H groups in total. The van der Waals surface area contributed by atoms with Gasteiger partial charge in [-0.3, -0.25) is 8.98 Å². The van der Waals surface area contributed by atoms with Crippen LogP contribution in [0.15, 0.2) is 40.3 Å². The topological polar surface area (TPSA) is 137 Å². The molecule has 1 aromatic carbocycles. The van der Waals surface area contributed by atoms with E-state index in [0.717, 1.165) is 30.6 Å². The van der Waals surface area contributed by atoms with Crippen molar-refractivity contribution in [2.24, 2.45) is 22.9 Å². The number of carbonyl (C=O) groups excluding carboxylic acids is 1. The van der Waals surface area contributed by atoms with Crippen molar-refractivity contribution in [3.8, 4) is 0 Å². The summed E-state index contributed by atoms with van der Waals surface area (Å²) in [6.45, 7) is 8.00. The molecule has 42 heavy (non-hydrogen) atoms. The number of rotatable bonds is 13. The van der Waals surface area contributed by atoms with Gasteiger partial charge in [-0.1, -0.05) is 69.2 Å². The largest absolute Gasteiger partial charge is 0.469 e. The lowest BCUT2D eigenvalue weighted by molar-refractivity contribution is -0.154. The fourth-order valence-corrected chi connectivity index (χ4v) is 10.9. The highest BCUT2D eigenvalue weighted by Gasteiger charge is 2.66. The molecule has 0 spiro atoms.